The molecule has 0 radical (unpaired) electrons. The van der Waals surface area contributed by atoms with Gasteiger partial charge in [-0.1, -0.05) is 36.0 Å². The van der Waals surface area contributed by atoms with Crippen LogP contribution in [0.5, 0.6) is 0 Å². The van der Waals surface area contributed by atoms with Gasteiger partial charge in [-0.25, -0.2) is 4.79 Å². The first-order chi connectivity index (χ1) is 12.8. The second kappa shape index (κ2) is 9.33. The third-order valence-corrected chi connectivity index (χ3v) is 5.08. The molecule has 1 fully saturated rings. The molecule has 2 rings (SSSR count). The fourth-order valence-electron chi connectivity index (χ4n) is 2.68. The van der Waals surface area contributed by atoms with Crippen LogP contribution in [0.15, 0.2) is 24.3 Å². The zero-order valence-electron chi connectivity index (χ0n) is 14.3. The lowest BCUT2D eigenvalue weighted by Gasteiger charge is -2.24. The van der Waals surface area contributed by atoms with E-state index in [0.29, 0.717) is 30.5 Å². The van der Waals surface area contributed by atoms with Crippen LogP contribution >= 0.6 is 11.8 Å². The lowest BCUT2D eigenvalue weighted by molar-refractivity contribution is -0.763. The van der Waals surface area contributed by atoms with Crippen molar-refractivity contribution in [2.24, 2.45) is 5.73 Å². The Morgan fingerprint density at radius 2 is 2.04 bits per heavy atom. The Balaban J connectivity index is 1.86. The fraction of sp³-hybridized carbons (Fsp3) is 0.438. The average Bonchev–Trinajstić information content (AvgIpc) is 3.14. The molecule has 0 bridgehead atoms. The molecular formula is C16H19N3O7S. The van der Waals surface area contributed by atoms with Gasteiger partial charge in [0.2, 0.25) is 11.0 Å². The van der Waals surface area contributed by atoms with Crippen molar-refractivity contribution >= 4 is 28.8 Å². The molecule has 1 heterocycles. The van der Waals surface area contributed by atoms with Gasteiger partial charge in [0.05, 0.1) is 6.04 Å². The van der Waals surface area contributed by atoms with Crippen molar-refractivity contribution in [2.75, 3.05) is 12.3 Å². The molecule has 10 nitrogen and oxygen atoms in total. The smallest absolute Gasteiger partial charge is 0.326 e. The van der Waals surface area contributed by atoms with Crippen molar-refractivity contribution < 1.29 is 29.4 Å². The third kappa shape index (κ3) is 5.66. The number of nitrogens with zero attached hydrogens (tertiary/aromatic N) is 2. The van der Waals surface area contributed by atoms with Crippen LogP contribution in [-0.2, 0) is 21.0 Å². The lowest BCUT2D eigenvalue weighted by Crippen LogP contribution is -2.49. The molecule has 0 saturated carbocycles. The van der Waals surface area contributed by atoms with E-state index in [0.717, 1.165) is 11.8 Å². The van der Waals surface area contributed by atoms with E-state index in [2.05, 4.69) is 4.84 Å². The Morgan fingerprint density at radius 3 is 2.63 bits per heavy atom. The number of carbonyl (C=O) groups is 3. The maximum absolute atomic E-state index is 12.3. The molecule has 146 valence electrons. The summed E-state index contributed by atoms with van der Waals surface area (Å²) < 4.78 is 0. The second-order valence-electron chi connectivity index (χ2n) is 5.93. The molecule has 27 heavy (non-hydrogen) atoms. The zero-order chi connectivity index (χ0) is 20.0. The Hall–Kier alpha value is -2.66. The minimum atomic E-state index is -1.06. The summed E-state index contributed by atoms with van der Waals surface area (Å²) in [4.78, 5) is 51.3. The van der Waals surface area contributed by atoms with Gasteiger partial charge < -0.3 is 20.6 Å². The summed E-state index contributed by atoms with van der Waals surface area (Å²) >= 11 is 0.860. The zero-order valence-corrected chi connectivity index (χ0v) is 15.1. The van der Waals surface area contributed by atoms with E-state index in [1.807, 2.05) is 0 Å². The van der Waals surface area contributed by atoms with E-state index in [1.54, 1.807) is 0 Å². The van der Waals surface area contributed by atoms with E-state index < -0.39 is 29.0 Å². The minimum absolute atomic E-state index is 0.0205. The highest BCUT2D eigenvalue weighted by atomic mass is 32.2. The number of carboxylic acids is 1. The van der Waals surface area contributed by atoms with Crippen LogP contribution in [-0.4, -0.2) is 56.5 Å². The molecule has 1 aliphatic rings. The number of hydrogen-bond donors (Lipinski definition) is 2. The largest absolute Gasteiger partial charge is 0.480 e. The van der Waals surface area contributed by atoms with Gasteiger partial charge in [0.25, 0.3) is 5.09 Å². The summed E-state index contributed by atoms with van der Waals surface area (Å²) in [5.41, 5.74) is 6.73. The second-order valence-corrected chi connectivity index (χ2v) is 6.92. The first-order valence-electron chi connectivity index (χ1n) is 8.12. The maximum Gasteiger partial charge on any atom is 0.326 e. The van der Waals surface area contributed by atoms with Crippen molar-refractivity contribution in [1.29, 1.82) is 0 Å². The molecule has 1 amide bonds. The van der Waals surface area contributed by atoms with Gasteiger partial charge in [-0.3, -0.25) is 9.59 Å². The first-order valence-corrected chi connectivity index (χ1v) is 9.10. The van der Waals surface area contributed by atoms with Crippen molar-refractivity contribution in [3.05, 3.63) is 45.5 Å². The molecule has 1 aromatic carbocycles. The van der Waals surface area contributed by atoms with E-state index >= 15 is 0 Å². The van der Waals surface area contributed by atoms with Crippen LogP contribution < -0.4 is 5.73 Å². The van der Waals surface area contributed by atoms with E-state index in [1.165, 1.54) is 29.2 Å². The molecule has 0 unspecified atom stereocenters. The highest BCUT2D eigenvalue weighted by Gasteiger charge is 2.36. The summed E-state index contributed by atoms with van der Waals surface area (Å²) in [5, 5.41) is 18.1. The number of benzene rings is 1. The molecule has 11 heteroatoms. The van der Waals surface area contributed by atoms with Crippen molar-refractivity contribution in [3.63, 3.8) is 0 Å². The Morgan fingerprint density at radius 1 is 1.37 bits per heavy atom. The van der Waals surface area contributed by atoms with Crippen molar-refractivity contribution in [3.8, 4) is 0 Å². The number of hydrogen-bond acceptors (Lipinski definition) is 8. The van der Waals surface area contributed by atoms with E-state index in [9.17, 15) is 24.5 Å². The van der Waals surface area contributed by atoms with Gasteiger partial charge in [0.1, 0.15) is 12.6 Å². The number of carbonyl (C=O) groups excluding carboxylic acids is 2. The first kappa shape index (κ1) is 20.6. The van der Waals surface area contributed by atoms with Gasteiger partial charge in [-0.2, -0.15) is 0 Å². The topological polar surface area (TPSA) is 153 Å². The van der Waals surface area contributed by atoms with Gasteiger partial charge in [-0.05, 0) is 18.4 Å². The van der Waals surface area contributed by atoms with E-state index in [-0.39, 0.29) is 17.5 Å². The van der Waals surface area contributed by atoms with Gasteiger partial charge >= 0.3 is 5.97 Å². The SMILES string of the molecule is N[C@H](CSC(=O)c1ccc(CO[N+](=O)[O-])cc1)C(=O)N1CCC[C@H]1C(=O)O. The molecular weight excluding hydrogens is 378 g/mol. The number of thioether (sulfide) groups is 1. The standard InChI is InChI=1S/C16H19N3O7S/c17-12(14(20)18-7-1-2-13(18)15(21)22)9-27-16(23)11-5-3-10(4-6-11)8-26-19(24)25/h3-6,12-13H,1-2,7-9,17H2,(H,21,22)/t12-,13+/m1/s1. The van der Waals surface area contributed by atoms with Gasteiger partial charge in [-0.15, -0.1) is 10.1 Å². The molecule has 1 aliphatic heterocycles. The van der Waals surface area contributed by atoms with Crippen LogP contribution in [0, 0.1) is 10.1 Å². The highest BCUT2D eigenvalue weighted by Crippen LogP contribution is 2.20. The monoisotopic (exact) mass is 397 g/mol. The predicted octanol–water partition coefficient (Wildman–Crippen LogP) is 0.671. The van der Waals surface area contributed by atoms with Crippen molar-refractivity contribution in [2.45, 2.75) is 31.5 Å². The number of amides is 1. The Bertz CT molecular complexity index is 725. The molecule has 0 aromatic heterocycles. The maximum atomic E-state index is 12.3. The summed E-state index contributed by atoms with van der Waals surface area (Å²) in [6.45, 7) is 0.129. The molecule has 1 aromatic rings. The average molecular weight is 397 g/mol. The number of carboxylic acid groups (broad SMARTS) is 1. The number of nitrogens with two attached hydrogens (primary N) is 1. The predicted molar refractivity (Wildman–Crippen MR) is 95.4 cm³/mol. The lowest BCUT2D eigenvalue weighted by atomic mass is 10.2. The van der Waals surface area contributed by atoms with Crippen LogP contribution in [0.4, 0.5) is 0 Å². The number of aliphatic carboxylic acids is 1. The summed E-state index contributed by atoms with van der Waals surface area (Å²) in [7, 11) is 0. The Labute approximate surface area is 158 Å². The van der Waals surface area contributed by atoms with E-state index in [4.69, 9.17) is 10.8 Å². The summed E-state index contributed by atoms with van der Waals surface area (Å²) in [5.74, 6) is -1.52. The summed E-state index contributed by atoms with van der Waals surface area (Å²) in [6.07, 6.45) is 1.00. The molecule has 0 aliphatic carbocycles. The molecule has 3 N–H and O–H groups in total. The number of likely N-dealkylation sites (tertiary alicyclic amines) is 1. The fourth-order valence-corrected chi connectivity index (χ4v) is 3.46. The van der Waals surface area contributed by atoms with Gasteiger partial charge in [0, 0.05) is 17.9 Å². The third-order valence-electron chi connectivity index (χ3n) is 4.06. The highest BCUT2D eigenvalue weighted by molar-refractivity contribution is 8.14. The molecule has 1 saturated heterocycles. The van der Waals surface area contributed by atoms with Gasteiger partial charge in [0.15, 0.2) is 0 Å². The van der Waals surface area contributed by atoms with Crippen molar-refractivity contribution in [1.82, 2.24) is 4.90 Å². The van der Waals surface area contributed by atoms with Crippen LogP contribution in [0.2, 0.25) is 0 Å². The van der Waals surface area contributed by atoms with Crippen LogP contribution in [0.25, 0.3) is 0 Å². The Kier molecular flexibility index (Phi) is 7.13. The van der Waals surface area contributed by atoms with Crippen LogP contribution in [0.1, 0.15) is 28.8 Å². The molecule has 0 spiro atoms. The summed E-state index contributed by atoms with van der Waals surface area (Å²) in [6, 6.07) is 4.23. The normalized spacial score (nSPS) is 17.4. The number of rotatable bonds is 8. The molecule has 2 atom stereocenters. The minimum Gasteiger partial charge on any atom is -0.480 e. The quantitative estimate of drug-likeness (QED) is 0.476. The van der Waals surface area contributed by atoms with Crippen LogP contribution in [0.3, 0.4) is 0 Å².